The molecule has 0 unspecified atom stereocenters. The zero-order chi connectivity index (χ0) is 46.1. The van der Waals surface area contributed by atoms with Crippen LogP contribution in [-0.4, -0.2) is 107 Å². The first-order valence-corrected chi connectivity index (χ1v) is 23.5. The van der Waals surface area contributed by atoms with Crippen LogP contribution in [0.5, 0.6) is 17.2 Å². The monoisotopic (exact) mass is 920 g/mol. The molecule has 1 amide bonds. The number of imidazole rings is 1. The molecule has 1 saturated heterocycles. The Balaban J connectivity index is 1.35. The smallest absolute Gasteiger partial charge is 0.410 e. The van der Waals surface area contributed by atoms with Gasteiger partial charge < -0.3 is 23.8 Å². The predicted octanol–water partition coefficient (Wildman–Crippen LogP) is 6.51. The minimum Gasteiger partial charge on any atom is -0.497 e. The lowest BCUT2D eigenvalue weighted by atomic mass is 10.0. The molecule has 4 aromatic carbocycles. The van der Waals surface area contributed by atoms with E-state index in [4.69, 9.17) is 24.0 Å². The molecule has 8 rings (SSSR count). The Morgan fingerprint density at radius 3 is 1.88 bits per heavy atom. The summed E-state index contributed by atoms with van der Waals surface area (Å²) in [6.07, 6.45) is 2.65. The van der Waals surface area contributed by atoms with Gasteiger partial charge in [-0.25, -0.2) is 26.6 Å². The van der Waals surface area contributed by atoms with E-state index in [9.17, 15) is 4.79 Å². The van der Waals surface area contributed by atoms with E-state index in [0.717, 1.165) is 5.56 Å². The molecule has 0 radical (unpaired) electrons. The number of benzene rings is 4. The summed E-state index contributed by atoms with van der Waals surface area (Å²) in [5.74, 6) is 1.65. The summed E-state index contributed by atoms with van der Waals surface area (Å²) in [5.41, 5.74) is 2.43. The number of carbonyl (C=O) groups excluding carboxylic acids is 1. The fourth-order valence-electron chi connectivity index (χ4n) is 7.46. The Morgan fingerprint density at radius 2 is 1.32 bits per heavy atom. The van der Waals surface area contributed by atoms with Crippen molar-refractivity contribution in [2.45, 2.75) is 61.0 Å². The third-order valence-corrected chi connectivity index (χ3v) is 15.0. The molecule has 0 bridgehead atoms. The maximum absolute atomic E-state index is 16.1. The fourth-order valence-corrected chi connectivity index (χ4v) is 11.5. The average Bonchev–Trinajstić information content (AvgIpc) is 3.95. The van der Waals surface area contributed by atoms with Crippen molar-refractivity contribution in [3.8, 4) is 39.9 Å². The van der Waals surface area contributed by atoms with Gasteiger partial charge in [0.15, 0.2) is 9.84 Å². The van der Waals surface area contributed by atoms with Crippen molar-refractivity contribution in [1.82, 2.24) is 38.8 Å². The van der Waals surface area contributed by atoms with Crippen molar-refractivity contribution < 1.29 is 40.6 Å². The van der Waals surface area contributed by atoms with Crippen LogP contribution in [0.4, 0.5) is 4.79 Å². The number of ether oxygens (including phenoxy) is 4. The molecule has 338 valence electrons. The SMILES string of the molecule is COc1ccc(CN(Cc2ccc(OC)cc2)S(=O)(=O)c2c(S(=O)(=O)C3CN(C(=O)OC(C)(C)C)C3)ccc(-c3cccc4nccn34)c2-c2nnn(Cc3ccc(OC)cc3)n2)cc1. The first kappa shape index (κ1) is 44.8. The van der Waals surface area contributed by atoms with E-state index in [1.54, 1.807) is 130 Å². The number of sulfone groups is 1. The predicted molar refractivity (Wildman–Crippen MR) is 241 cm³/mol. The summed E-state index contributed by atoms with van der Waals surface area (Å²) in [7, 11) is -4.79. The minimum absolute atomic E-state index is 0.0916. The van der Waals surface area contributed by atoms with Crippen LogP contribution >= 0.6 is 0 Å². The zero-order valence-electron chi connectivity index (χ0n) is 36.7. The number of likely N-dealkylation sites (tertiary alicyclic amines) is 1. The van der Waals surface area contributed by atoms with Crippen LogP contribution in [0.2, 0.25) is 0 Å². The van der Waals surface area contributed by atoms with Crippen molar-refractivity contribution in [2.24, 2.45) is 0 Å². The van der Waals surface area contributed by atoms with E-state index >= 15 is 16.8 Å². The average molecular weight is 921 g/mol. The minimum atomic E-state index is -4.89. The quantitative estimate of drug-likeness (QED) is 0.108. The Labute approximate surface area is 377 Å². The first-order valence-electron chi connectivity index (χ1n) is 20.6. The molecule has 17 nitrogen and oxygen atoms in total. The van der Waals surface area contributed by atoms with E-state index in [1.807, 2.05) is 12.1 Å². The van der Waals surface area contributed by atoms with Crippen LogP contribution in [0, 0.1) is 0 Å². The van der Waals surface area contributed by atoms with Gasteiger partial charge in [0.1, 0.15) is 38.6 Å². The molecule has 0 aliphatic carbocycles. The molecule has 3 aromatic heterocycles. The number of rotatable bonds is 15. The Hall–Kier alpha value is -6.83. The summed E-state index contributed by atoms with van der Waals surface area (Å²) in [6.45, 7) is 4.50. The van der Waals surface area contributed by atoms with Crippen molar-refractivity contribution in [3.63, 3.8) is 0 Å². The van der Waals surface area contributed by atoms with Gasteiger partial charge in [-0.3, -0.25) is 4.40 Å². The van der Waals surface area contributed by atoms with Crippen LogP contribution in [-0.2, 0) is 44.2 Å². The number of amides is 1. The second-order valence-corrected chi connectivity index (χ2v) is 20.5. The first-order chi connectivity index (χ1) is 31.1. The molecule has 0 atom stereocenters. The van der Waals surface area contributed by atoms with E-state index in [0.29, 0.717) is 45.3 Å². The number of aromatic nitrogens is 6. The number of nitrogens with zero attached hydrogens (tertiary/aromatic N) is 8. The number of methoxy groups -OCH3 is 3. The molecular weight excluding hydrogens is 873 g/mol. The highest BCUT2D eigenvalue weighted by molar-refractivity contribution is 7.94. The van der Waals surface area contributed by atoms with Crippen molar-refractivity contribution >= 4 is 31.6 Å². The molecular formula is C46H48N8O9S2. The van der Waals surface area contributed by atoms with E-state index < -0.39 is 46.6 Å². The lowest BCUT2D eigenvalue weighted by Gasteiger charge is -2.39. The van der Waals surface area contributed by atoms with Gasteiger partial charge in [-0.2, -0.15) is 9.10 Å². The van der Waals surface area contributed by atoms with Gasteiger partial charge in [0.05, 0.1) is 44.0 Å². The van der Waals surface area contributed by atoms with Gasteiger partial charge in [0.25, 0.3) is 0 Å². The normalized spacial score (nSPS) is 13.5. The summed E-state index contributed by atoms with van der Waals surface area (Å²) >= 11 is 0. The van der Waals surface area contributed by atoms with Crippen molar-refractivity contribution in [3.05, 3.63) is 132 Å². The molecule has 1 aliphatic heterocycles. The second kappa shape index (κ2) is 18.0. The largest absolute Gasteiger partial charge is 0.497 e. The number of tetrazole rings is 1. The summed E-state index contributed by atoms with van der Waals surface area (Å²) in [4.78, 5) is 19.1. The lowest BCUT2D eigenvalue weighted by molar-refractivity contribution is 0.0139. The van der Waals surface area contributed by atoms with Gasteiger partial charge in [0.2, 0.25) is 15.8 Å². The van der Waals surface area contributed by atoms with Crippen LogP contribution < -0.4 is 14.2 Å². The highest BCUT2D eigenvalue weighted by atomic mass is 32.2. The second-order valence-electron chi connectivity index (χ2n) is 16.4. The standard InChI is InChI=1S/C46H48N8O9S2/c1-46(2,3)63-45(55)51-29-37(30-51)64(56,57)40-23-22-38(39-8-7-9-41-47-24-25-53(39)41)42(44-48-50-54(49-44)28-33-14-20-36(62-6)21-15-33)43(40)65(58,59)52(26-31-10-16-34(60-4)17-11-31)27-32-12-18-35(61-5)19-13-32/h7-25,37H,26-30H2,1-6H3. The Bertz CT molecular complexity index is 3000. The number of fused-ring (bicyclic) bond motifs is 1. The number of hydrogen-bond acceptors (Lipinski definition) is 13. The molecule has 19 heteroatoms. The van der Waals surface area contributed by atoms with Gasteiger partial charge >= 0.3 is 6.09 Å². The Morgan fingerprint density at radius 1 is 0.754 bits per heavy atom. The van der Waals surface area contributed by atoms with Gasteiger partial charge in [-0.05, 0) is 97.3 Å². The summed E-state index contributed by atoms with van der Waals surface area (Å²) < 4.78 is 87.0. The topological polar surface area (TPSA) is 190 Å². The molecule has 65 heavy (non-hydrogen) atoms. The van der Waals surface area contributed by atoms with Crippen LogP contribution in [0.1, 0.15) is 37.5 Å². The van der Waals surface area contributed by atoms with Crippen molar-refractivity contribution in [2.75, 3.05) is 34.4 Å². The molecule has 4 heterocycles. The maximum Gasteiger partial charge on any atom is 0.410 e. The van der Waals surface area contributed by atoms with Crippen LogP contribution in [0.25, 0.3) is 28.3 Å². The molecule has 0 saturated carbocycles. The maximum atomic E-state index is 16.1. The number of hydrogen-bond donors (Lipinski definition) is 0. The fraction of sp³-hybridized carbons (Fsp3) is 0.283. The molecule has 0 spiro atoms. The molecule has 1 aliphatic rings. The zero-order valence-corrected chi connectivity index (χ0v) is 38.3. The third kappa shape index (κ3) is 9.38. The van der Waals surface area contributed by atoms with Crippen molar-refractivity contribution in [1.29, 1.82) is 0 Å². The number of carbonyl (C=O) groups is 1. The van der Waals surface area contributed by atoms with Gasteiger partial charge in [0, 0.05) is 44.1 Å². The highest BCUT2D eigenvalue weighted by Crippen LogP contribution is 2.43. The number of pyridine rings is 1. The lowest BCUT2D eigenvalue weighted by Crippen LogP contribution is -2.57. The van der Waals surface area contributed by atoms with E-state index in [2.05, 4.69) is 15.3 Å². The van der Waals surface area contributed by atoms with E-state index in [1.165, 1.54) is 34.3 Å². The summed E-state index contributed by atoms with van der Waals surface area (Å²) in [5, 5.41) is 12.4. The van der Waals surface area contributed by atoms with Gasteiger partial charge in [-0.1, -0.05) is 48.5 Å². The Kier molecular flexibility index (Phi) is 12.4. The van der Waals surface area contributed by atoms with Crippen LogP contribution in [0.3, 0.4) is 0 Å². The number of sulfonamides is 1. The van der Waals surface area contributed by atoms with E-state index in [-0.39, 0.29) is 44.1 Å². The molecule has 0 N–H and O–H groups in total. The van der Waals surface area contributed by atoms with Crippen LogP contribution in [0.15, 0.2) is 125 Å². The highest BCUT2D eigenvalue weighted by Gasteiger charge is 2.46. The van der Waals surface area contributed by atoms with Gasteiger partial charge in [-0.15, -0.1) is 10.2 Å². The molecule has 1 fully saturated rings. The third-order valence-electron chi connectivity index (χ3n) is 10.9. The summed E-state index contributed by atoms with van der Waals surface area (Å²) in [6, 6.07) is 29.3. The molecule has 7 aromatic rings.